The lowest BCUT2D eigenvalue weighted by molar-refractivity contribution is -0.155. The molecule has 0 spiro atoms. The van der Waals surface area contributed by atoms with Crippen molar-refractivity contribution in [3.8, 4) is 17.2 Å². The van der Waals surface area contributed by atoms with Gasteiger partial charge in [0.25, 0.3) is 5.91 Å². The summed E-state index contributed by atoms with van der Waals surface area (Å²) in [6.07, 6.45) is -0.597. The second-order valence-corrected chi connectivity index (χ2v) is 6.28. The number of hydrogen-bond donors (Lipinski definition) is 1. The van der Waals surface area contributed by atoms with Crippen molar-refractivity contribution in [2.75, 3.05) is 18.7 Å². The number of esters is 1. The first kappa shape index (κ1) is 20.2. The Kier molecular flexibility index (Phi) is 6.33. The molecule has 2 aromatic carbocycles. The third-order valence-electron chi connectivity index (χ3n) is 4.17. The van der Waals surface area contributed by atoms with Gasteiger partial charge in [-0.1, -0.05) is 6.92 Å². The zero-order valence-electron chi connectivity index (χ0n) is 16.1. The van der Waals surface area contributed by atoms with E-state index in [1.165, 1.54) is 6.92 Å². The molecule has 152 valence electrons. The van der Waals surface area contributed by atoms with Gasteiger partial charge in [0, 0.05) is 23.7 Å². The van der Waals surface area contributed by atoms with Crippen LogP contribution in [0.5, 0.6) is 17.2 Å². The Bertz CT molecular complexity index is 908. The molecule has 1 atom stereocenters. The van der Waals surface area contributed by atoms with Crippen LogP contribution in [0.15, 0.2) is 42.5 Å². The number of ether oxygens (including phenoxy) is 4. The summed E-state index contributed by atoms with van der Waals surface area (Å²) in [5.41, 5.74) is 1.08. The van der Waals surface area contributed by atoms with E-state index in [-0.39, 0.29) is 19.2 Å². The summed E-state index contributed by atoms with van der Waals surface area (Å²) in [6, 6.07) is 11.4. The van der Waals surface area contributed by atoms with Gasteiger partial charge in [0.05, 0.1) is 0 Å². The highest BCUT2D eigenvalue weighted by Crippen LogP contribution is 2.34. The first-order valence-corrected chi connectivity index (χ1v) is 9.12. The number of amides is 1. The molecule has 2 aromatic rings. The number of anilines is 1. The van der Waals surface area contributed by atoms with Crippen LogP contribution in [0.25, 0.3) is 0 Å². The highest BCUT2D eigenvalue weighted by atomic mass is 16.7. The van der Waals surface area contributed by atoms with E-state index in [9.17, 15) is 14.4 Å². The number of ketones is 1. The van der Waals surface area contributed by atoms with Crippen LogP contribution in [0.1, 0.15) is 30.6 Å². The van der Waals surface area contributed by atoms with Gasteiger partial charge in [0.2, 0.25) is 6.79 Å². The minimum absolute atomic E-state index is 0.0262. The first-order valence-electron chi connectivity index (χ1n) is 9.12. The third-order valence-corrected chi connectivity index (χ3v) is 4.17. The molecular formula is C21H21NO7. The van der Waals surface area contributed by atoms with Crippen LogP contribution in [0.4, 0.5) is 5.69 Å². The average Bonchev–Trinajstić information content (AvgIpc) is 3.19. The van der Waals surface area contributed by atoms with Gasteiger partial charge in [0.15, 0.2) is 30.0 Å². The molecule has 1 amide bonds. The summed E-state index contributed by atoms with van der Waals surface area (Å²) in [7, 11) is 0. The van der Waals surface area contributed by atoms with Crippen molar-refractivity contribution in [3.05, 3.63) is 48.0 Å². The SMILES string of the molecule is CCC(=O)c1ccc(OCC(=O)OC(C)C(=O)Nc2ccc3c(c2)OCO3)cc1. The second-order valence-electron chi connectivity index (χ2n) is 6.28. The highest BCUT2D eigenvalue weighted by Gasteiger charge is 2.20. The van der Waals surface area contributed by atoms with Gasteiger partial charge in [-0.2, -0.15) is 0 Å². The maximum atomic E-state index is 12.2. The molecule has 0 saturated carbocycles. The van der Waals surface area contributed by atoms with Gasteiger partial charge >= 0.3 is 5.97 Å². The molecule has 8 nitrogen and oxygen atoms in total. The Morgan fingerprint density at radius 2 is 1.79 bits per heavy atom. The first-order chi connectivity index (χ1) is 14.0. The minimum atomic E-state index is -1.01. The van der Waals surface area contributed by atoms with Crippen LogP contribution in [0.3, 0.4) is 0 Å². The molecule has 0 aliphatic carbocycles. The van der Waals surface area contributed by atoms with E-state index in [1.807, 2.05) is 0 Å². The predicted molar refractivity (Wildman–Crippen MR) is 103 cm³/mol. The van der Waals surface area contributed by atoms with Crippen LogP contribution in [-0.2, 0) is 14.3 Å². The van der Waals surface area contributed by atoms with Crippen molar-refractivity contribution in [3.63, 3.8) is 0 Å². The van der Waals surface area contributed by atoms with Gasteiger partial charge in [-0.3, -0.25) is 9.59 Å². The Labute approximate surface area is 167 Å². The molecule has 0 bridgehead atoms. The molecule has 0 aromatic heterocycles. The summed E-state index contributed by atoms with van der Waals surface area (Å²) in [6.45, 7) is 3.03. The van der Waals surface area contributed by atoms with Crippen LogP contribution in [0, 0.1) is 0 Å². The zero-order valence-corrected chi connectivity index (χ0v) is 16.1. The van der Waals surface area contributed by atoms with Crippen molar-refractivity contribution in [2.24, 2.45) is 0 Å². The molecule has 1 N–H and O–H groups in total. The predicted octanol–water partition coefficient (Wildman–Crippen LogP) is 2.96. The van der Waals surface area contributed by atoms with Gasteiger partial charge in [0.1, 0.15) is 5.75 Å². The smallest absolute Gasteiger partial charge is 0.344 e. The largest absolute Gasteiger partial charge is 0.482 e. The van der Waals surface area contributed by atoms with E-state index in [1.54, 1.807) is 49.4 Å². The number of hydrogen-bond acceptors (Lipinski definition) is 7. The van der Waals surface area contributed by atoms with Crippen molar-refractivity contribution in [2.45, 2.75) is 26.4 Å². The molecule has 1 aliphatic rings. The number of nitrogens with one attached hydrogen (secondary N) is 1. The summed E-state index contributed by atoms with van der Waals surface area (Å²) >= 11 is 0. The Morgan fingerprint density at radius 3 is 2.52 bits per heavy atom. The molecule has 1 heterocycles. The van der Waals surface area contributed by atoms with Crippen molar-refractivity contribution in [1.29, 1.82) is 0 Å². The fourth-order valence-electron chi connectivity index (χ4n) is 2.59. The van der Waals surface area contributed by atoms with E-state index in [2.05, 4.69) is 5.32 Å². The standard InChI is InChI=1S/C21H21NO7/c1-3-17(23)14-4-7-16(8-5-14)26-11-20(24)29-13(2)21(25)22-15-6-9-18-19(10-15)28-12-27-18/h4-10,13H,3,11-12H2,1-2H3,(H,22,25). The summed E-state index contributed by atoms with van der Waals surface area (Å²) in [5, 5.41) is 2.65. The third kappa shape index (κ3) is 5.25. The Balaban J connectivity index is 1.46. The summed E-state index contributed by atoms with van der Waals surface area (Å²) in [4.78, 5) is 35.8. The second kappa shape index (κ2) is 9.09. The lowest BCUT2D eigenvalue weighted by atomic mass is 10.1. The topological polar surface area (TPSA) is 100 Å². The molecule has 1 aliphatic heterocycles. The number of benzene rings is 2. The Morgan fingerprint density at radius 1 is 1.07 bits per heavy atom. The Hall–Kier alpha value is -3.55. The van der Waals surface area contributed by atoms with E-state index in [0.29, 0.717) is 34.9 Å². The lowest BCUT2D eigenvalue weighted by Gasteiger charge is -2.14. The van der Waals surface area contributed by atoms with E-state index >= 15 is 0 Å². The van der Waals surface area contributed by atoms with Crippen molar-refractivity contribution < 1.29 is 33.3 Å². The van der Waals surface area contributed by atoms with Crippen LogP contribution >= 0.6 is 0 Å². The van der Waals surface area contributed by atoms with Crippen molar-refractivity contribution in [1.82, 2.24) is 0 Å². The van der Waals surface area contributed by atoms with E-state index < -0.39 is 18.0 Å². The zero-order chi connectivity index (χ0) is 20.8. The fourth-order valence-corrected chi connectivity index (χ4v) is 2.59. The van der Waals surface area contributed by atoms with E-state index in [0.717, 1.165) is 0 Å². The molecule has 29 heavy (non-hydrogen) atoms. The lowest BCUT2D eigenvalue weighted by Crippen LogP contribution is -2.31. The normalized spacial score (nSPS) is 12.8. The molecule has 1 unspecified atom stereocenters. The van der Waals surface area contributed by atoms with Crippen molar-refractivity contribution >= 4 is 23.3 Å². The van der Waals surface area contributed by atoms with Gasteiger partial charge < -0.3 is 24.3 Å². The maximum absolute atomic E-state index is 12.2. The average molecular weight is 399 g/mol. The minimum Gasteiger partial charge on any atom is -0.482 e. The molecule has 8 heteroatoms. The number of Topliss-reactive ketones (excluding diaryl/α,β-unsaturated/α-hetero) is 1. The summed E-state index contributed by atoms with van der Waals surface area (Å²) in [5.74, 6) is 0.413. The van der Waals surface area contributed by atoms with Gasteiger partial charge in [-0.25, -0.2) is 4.79 Å². The maximum Gasteiger partial charge on any atom is 0.344 e. The molecular weight excluding hydrogens is 378 g/mol. The van der Waals surface area contributed by atoms with E-state index in [4.69, 9.17) is 18.9 Å². The van der Waals surface area contributed by atoms with Crippen LogP contribution in [0.2, 0.25) is 0 Å². The highest BCUT2D eigenvalue weighted by molar-refractivity contribution is 5.96. The summed E-state index contributed by atoms with van der Waals surface area (Å²) < 4.78 is 20.9. The molecule has 0 saturated heterocycles. The monoisotopic (exact) mass is 399 g/mol. The van der Waals surface area contributed by atoms with Crippen LogP contribution in [-0.4, -0.2) is 37.2 Å². The number of carbonyl (C=O) groups is 3. The number of rotatable bonds is 8. The van der Waals surface area contributed by atoms with Crippen LogP contribution < -0.4 is 19.5 Å². The van der Waals surface area contributed by atoms with Gasteiger partial charge in [-0.15, -0.1) is 0 Å². The molecule has 3 rings (SSSR count). The fraction of sp³-hybridized carbons (Fsp3) is 0.286. The molecule has 0 radical (unpaired) electrons. The quantitative estimate of drug-likeness (QED) is 0.538. The number of carbonyl (C=O) groups excluding carboxylic acids is 3. The van der Waals surface area contributed by atoms with Gasteiger partial charge in [-0.05, 0) is 43.3 Å². The number of fused-ring (bicyclic) bond motifs is 1. The molecule has 0 fully saturated rings.